The molecule has 86 valence electrons. The molecule has 5 nitrogen and oxygen atoms in total. The van der Waals surface area contributed by atoms with Crippen molar-refractivity contribution in [2.75, 3.05) is 0 Å². The normalized spacial score (nSPS) is 10.2. The summed E-state index contributed by atoms with van der Waals surface area (Å²) in [4.78, 5) is 25.0. The van der Waals surface area contributed by atoms with E-state index in [0.717, 1.165) is 0 Å². The van der Waals surface area contributed by atoms with Crippen LogP contribution in [0, 0.1) is 17.0 Å². The summed E-state index contributed by atoms with van der Waals surface area (Å²) in [6.07, 6.45) is 0.663. The van der Waals surface area contributed by atoms with Crippen LogP contribution in [0.4, 0.5) is 5.69 Å². The van der Waals surface area contributed by atoms with Gasteiger partial charge < -0.3 is 0 Å². The summed E-state index contributed by atoms with van der Waals surface area (Å²) in [7, 11) is 0. The fourth-order valence-corrected chi connectivity index (χ4v) is 2.07. The van der Waals surface area contributed by atoms with E-state index in [2.05, 4.69) is 4.98 Å². The van der Waals surface area contributed by atoms with Gasteiger partial charge in [-0.2, -0.15) is 0 Å². The molecule has 0 N–H and O–H groups in total. The third-order valence-electron chi connectivity index (χ3n) is 2.32. The van der Waals surface area contributed by atoms with E-state index in [-0.39, 0.29) is 5.69 Å². The number of aryl methyl sites for hydroxylation is 1. The molecule has 0 spiro atoms. The van der Waals surface area contributed by atoms with Gasteiger partial charge in [-0.15, -0.1) is 11.3 Å². The maximum Gasteiger partial charge on any atom is 0.272 e. The number of thiazole rings is 1. The zero-order valence-electron chi connectivity index (χ0n) is 8.91. The van der Waals surface area contributed by atoms with Gasteiger partial charge in [0.2, 0.25) is 0 Å². The van der Waals surface area contributed by atoms with Crippen LogP contribution in [0.2, 0.25) is 0 Å². The molecule has 1 aromatic heterocycles. The number of hydrogen-bond donors (Lipinski definition) is 0. The number of aldehydes is 1. The van der Waals surface area contributed by atoms with Gasteiger partial charge in [0.15, 0.2) is 11.3 Å². The lowest BCUT2D eigenvalue weighted by molar-refractivity contribution is -0.385. The van der Waals surface area contributed by atoms with Gasteiger partial charge in [0.05, 0.1) is 10.6 Å². The molecule has 0 unspecified atom stereocenters. The summed E-state index contributed by atoms with van der Waals surface area (Å²) < 4.78 is 0. The van der Waals surface area contributed by atoms with Crippen LogP contribution in [0.3, 0.4) is 0 Å². The maximum absolute atomic E-state index is 10.8. The van der Waals surface area contributed by atoms with E-state index >= 15 is 0 Å². The average Bonchev–Trinajstić information content (AvgIpc) is 2.78. The zero-order valence-corrected chi connectivity index (χ0v) is 9.73. The van der Waals surface area contributed by atoms with E-state index < -0.39 is 4.92 Å². The van der Waals surface area contributed by atoms with Gasteiger partial charge in [0, 0.05) is 22.6 Å². The molecule has 0 saturated heterocycles. The molecule has 0 saturated carbocycles. The number of rotatable bonds is 3. The van der Waals surface area contributed by atoms with Crippen LogP contribution in [0.25, 0.3) is 11.3 Å². The molecular formula is C11H8N2O3S. The monoisotopic (exact) mass is 248 g/mol. The highest BCUT2D eigenvalue weighted by atomic mass is 32.1. The second-order valence-electron chi connectivity index (χ2n) is 3.45. The third-order valence-corrected chi connectivity index (χ3v) is 3.09. The Morgan fingerprint density at radius 3 is 2.82 bits per heavy atom. The number of benzene rings is 1. The number of nitro groups is 1. The first kappa shape index (κ1) is 11.4. The predicted octanol–water partition coefficient (Wildman–Crippen LogP) is 2.84. The quantitative estimate of drug-likeness (QED) is 0.475. The second kappa shape index (κ2) is 4.42. The Balaban J connectivity index is 2.49. The van der Waals surface area contributed by atoms with Crippen molar-refractivity contribution in [3.63, 3.8) is 0 Å². The Labute approximate surface area is 101 Å². The van der Waals surface area contributed by atoms with Gasteiger partial charge in [0.1, 0.15) is 0 Å². The van der Waals surface area contributed by atoms with Crippen molar-refractivity contribution in [3.05, 3.63) is 44.3 Å². The number of nitro benzene ring substituents is 1. The van der Waals surface area contributed by atoms with Gasteiger partial charge in [-0.1, -0.05) is 12.1 Å². The van der Waals surface area contributed by atoms with E-state index in [4.69, 9.17) is 0 Å². The molecule has 0 aliphatic carbocycles. The van der Waals surface area contributed by atoms with Crippen molar-refractivity contribution in [3.8, 4) is 11.3 Å². The van der Waals surface area contributed by atoms with E-state index in [1.165, 1.54) is 17.4 Å². The lowest BCUT2D eigenvalue weighted by atomic mass is 10.1. The summed E-state index contributed by atoms with van der Waals surface area (Å²) in [6.45, 7) is 1.68. The Bertz CT molecular complexity index is 592. The molecule has 1 aromatic carbocycles. The predicted molar refractivity (Wildman–Crippen MR) is 64.3 cm³/mol. The van der Waals surface area contributed by atoms with Crippen LogP contribution in [-0.4, -0.2) is 16.2 Å². The van der Waals surface area contributed by atoms with Crippen molar-refractivity contribution >= 4 is 23.3 Å². The first-order valence-corrected chi connectivity index (χ1v) is 5.66. The van der Waals surface area contributed by atoms with Gasteiger partial charge in [-0.25, -0.2) is 4.98 Å². The standard InChI is InChI=1S/C11H8N2O3S/c1-7-2-3-8(4-10(7)13(15)16)9-6-17-11(5-14)12-9/h2-6H,1H3. The number of nitrogens with zero attached hydrogens (tertiary/aromatic N) is 2. The van der Waals surface area contributed by atoms with Crippen LogP contribution in [0.5, 0.6) is 0 Å². The molecule has 0 aliphatic rings. The second-order valence-corrected chi connectivity index (χ2v) is 4.34. The van der Waals surface area contributed by atoms with Crippen LogP contribution < -0.4 is 0 Å². The maximum atomic E-state index is 10.8. The molecule has 2 rings (SSSR count). The van der Waals surface area contributed by atoms with E-state index in [9.17, 15) is 14.9 Å². The number of carbonyl (C=O) groups excluding carboxylic acids is 1. The topological polar surface area (TPSA) is 73.1 Å². The number of hydrogen-bond acceptors (Lipinski definition) is 5. The fourth-order valence-electron chi connectivity index (χ4n) is 1.44. The molecule has 2 aromatic rings. The lowest BCUT2D eigenvalue weighted by Gasteiger charge is -1.99. The number of carbonyl (C=O) groups is 1. The summed E-state index contributed by atoms with van der Waals surface area (Å²) in [5.41, 5.74) is 1.89. The Morgan fingerprint density at radius 1 is 1.47 bits per heavy atom. The highest BCUT2D eigenvalue weighted by Crippen LogP contribution is 2.27. The summed E-state index contributed by atoms with van der Waals surface area (Å²) in [5.74, 6) is 0. The molecule has 0 atom stereocenters. The Morgan fingerprint density at radius 2 is 2.24 bits per heavy atom. The minimum absolute atomic E-state index is 0.0585. The third kappa shape index (κ3) is 2.21. The molecule has 0 bridgehead atoms. The minimum Gasteiger partial charge on any atom is -0.295 e. The summed E-state index contributed by atoms with van der Waals surface area (Å²) in [5, 5.41) is 12.9. The Kier molecular flexibility index (Phi) is 2.97. The lowest BCUT2D eigenvalue weighted by Crippen LogP contribution is -1.92. The van der Waals surface area contributed by atoms with E-state index in [1.54, 1.807) is 24.4 Å². The van der Waals surface area contributed by atoms with Crippen LogP contribution in [-0.2, 0) is 0 Å². The highest BCUT2D eigenvalue weighted by molar-refractivity contribution is 7.11. The van der Waals surface area contributed by atoms with Crippen LogP contribution in [0.15, 0.2) is 23.6 Å². The van der Waals surface area contributed by atoms with Crippen molar-refractivity contribution in [2.24, 2.45) is 0 Å². The molecule has 0 fully saturated rings. The van der Waals surface area contributed by atoms with E-state index in [1.807, 2.05) is 0 Å². The van der Waals surface area contributed by atoms with Gasteiger partial charge in [-0.05, 0) is 6.92 Å². The summed E-state index contributed by atoms with van der Waals surface area (Å²) in [6, 6.07) is 4.90. The van der Waals surface area contributed by atoms with E-state index in [0.29, 0.717) is 28.1 Å². The molecule has 1 heterocycles. The molecule has 0 amide bonds. The van der Waals surface area contributed by atoms with Crippen molar-refractivity contribution < 1.29 is 9.72 Å². The molecule has 17 heavy (non-hydrogen) atoms. The fraction of sp³-hybridized carbons (Fsp3) is 0.0909. The SMILES string of the molecule is Cc1ccc(-c2csc(C=O)n2)cc1[N+](=O)[O-]. The van der Waals surface area contributed by atoms with Gasteiger partial charge in [0.25, 0.3) is 5.69 Å². The molecule has 0 radical (unpaired) electrons. The Hall–Kier alpha value is -2.08. The van der Waals surface area contributed by atoms with Gasteiger partial charge >= 0.3 is 0 Å². The first-order valence-electron chi connectivity index (χ1n) is 4.78. The average molecular weight is 248 g/mol. The highest BCUT2D eigenvalue weighted by Gasteiger charge is 2.13. The van der Waals surface area contributed by atoms with Crippen molar-refractivity contribution in [1.82, 2.24) is 4.98 Å². The number of aromatic nitrogens is 1. The minimum atomic E-state index is -0.425. The van der Waals surface area contributed by atoms with Crippen molar-refractivity contribution in [1.29, 1.82) is 0 Å². The molecule has 0 aliphatic heterocycles. The smallest absolute Gasteiger partial charge is 0.272 e. The van der Waals surface area contributed by atoms with Crippen LogP contribution >= 0.6 is 11.3 Å². The van der Waals surface area contributed by atoms with Crippen molar-refractivity contribution in [2.45, 2.75) is 6.92 Å². The molecular weight excluding hydrogens is 240 g/mol. The summed E-state index contributed by atoms with van der Waals surface area (Å²) >= 11 is 1.21. The van der Waals surface area contributed by atoms with Crippen LogP contribution in [0.1, 0.15) is 15.4 Å². The first-order chi connectivity index (χ1) is 8.11. The largest absolute Gasteiger partial charge is 0.295 e. The zero-order chi connectivity index (χ0) is 12.4. The molecule has 6 heteroatoms. The van der Waals surface area contributed by atoms with Gasteiger partial charge in [-0.3, -0.25) is 14.9 Å².